The molecule has 0 spiro atoms. The molecule has 1 heterocycles. The molecule has 0 fully saturated rings. The first kappa shape index (κ1) is 19.2. The number of aromatic nitrogens is 1. The Labute approximate surface area is 152 Å². The smallest absolute Gasteiger partial charge is 0.255 e. The quantitative estimate of drug-likeness (QED) is 0.558. The molecular weight excluding hydrogens is 330 g/mol. The minimum absolute atomic E-state index is 0.0344. The fourth-order valence-electron chi connectivity index (χ4n) is 2.36. The molecule has 0 unspecified atom stereocenters. The molecule has 0 atom stereocenters. The largest absolute Gasteiger partial charge is 0.508 e. The number of H-pyrrole nitrogens is 1. The monoisotopic (exact) mass is 353 g/mol. The number of ketones is 1. The maximum absolute atomic E-state index is 12.4. The number of phenolic OH excluding ortho intramolecular Hbond substituents is 1. The van der Waals surface area contributed by atoms with Gasteiger partial charge in [-0.15, -0.1) is 0 Å². The van der Waals surface area contributed by atoms with Crippen LogP contribution in [0.3, 0.4) is 0 Å². The van der Waals surface area contributed by atoms with Gasteiger partial charge in [0.1, 0.15) is 11.6 Å². The van der Waals surface area contributed by atoms with Gasteiger partial charge in [-0.05, 0) is 50.0 Å². The van der Waals surface area contributed by atoms with Crippen molar-refractivity contribution >= 4 is 30.3 Å². The van der Waals surface area contributed by atoms with E-state index in [0.29, 0.717) is 28.3 Å². The Balaban J connectivity index is 2.23. The van der Waals surface area contributed by atoms with Crippen molar-refractivity contribution in [2.75, 3.05) is 0 Å². The van der Waals surface area contributed by atoms with Gasteiger partial charge in [-0.25, -0.2) is 4.99 Å². The van der Waals surface area contributed by atoms with E-state index in [9.17, 15) is 14.7 Å². The number of carbonyl (C=O) groups excluding carboxylic acids is 2. The van der Waals surface area contributed by atoms with Crippen LogP contribution in [0.15, 0.2) is 41.0 Å². The van der Waals surface area contributed by atoms with Gasteiger partial charge in [-0.2, -0.15) is 0 Å². The number of amides is 1. The lowest BCUT2D eigenvalue weighted by atomic mass is 9.89. The second-order valence-electron chi connectivity index (χ2n) is 7.05. The van der Waals surface area contributed by atoms with Crippen molar-refractivity contribution < 1.29 is 14.7 Å². The Hall–Kier alpha value is -3.15. The molecule has 3 N–H and O–H groups in total. The Morgan fingerprint density at radius 3 is 2.38 bits per heavy atom. The molecule has 136 valence electrons. The summed E-state index contributed by atoms with van der Waals surface area (Å²) in [4.78, 5) is 31.5. The number of rotatable bonds is 5. The first-order valence-corrected chi connectivity index (χ1v) is 8.15. The van der Waals surface area contributed by atoms with E-state index in [-0.39, 0.29) is 17.4 Å². The standard InChI is InChI=1S/C20H23N3O3/c1-12(22-19(26)13-6-8-15(24)9-7-13)10-14-11-16(23-18(14)21-5)17(25)20(2,3)4/h6-11,23-24H,5H2,1-4H3,(H,22,26)/b12-10+. The number of nitrogens with zero attached hydrogens (tertiary/aromatic N) is 1. The third-order valence-electron chi connectivity index (χ3n) is 3.72. The SMILES string of the molecule is C=Nc1[nH]c(C(=O)C(C)(C)C)cc1/C=C(\C)NC(=O)c1ccc(O)cc1. The number of carbonyl (C=O) groups is 2. The molecule has 2 rings (SSSR count). The van der Waals surface area contributed by atoms with Crippen molar-refractivity contribution in [2.24, 2.45) is 10.4 Å². The molecule has 0 aliphatic carbocycles. The van der Waals surface area contributed by atoms with Crippen LogP contribution in [0.1, 0.15) is 54.1 Å². The zero-order valence-electron chi connectivity index (χ0n) is 15.4. The second kappa shape index (κ2) is 7.39. The highest BCUT2D eigenvalue weighted by molar-refractivity contribution is 6.00. The minimum atomic E-state index is -0.521. The molecule has 0 aliphatic rings. The number of hydrogen-bond donors (Lipinski definition) is 3. The van der Waals surface area contributed by atoms with Gasteiger partial charge in [-0.1, -0.05) is 20.8 Å². The number of phenols is 1. The van der Waals surface area contributed by atoms with Crippen molar-refractivity contribution in [2.45, 2.75) is 27.7 Å². The van der Waals surface area contributed by atoms with Crippen molar-refractivity contribution in [3.8, 4) is 5.75 Å². The summed E-state index contributed by atoms with van der Waals surface area (Å²) in [6.45, 7) is 10.8. The maximum Gasteiger partial charge on any atom is 0.255 e. The van der Waals surface area contributed by atoms with Crippen LogP contribution in [0, 0.1) is 5.41 Å². The number of aliphatic imine (C=N–C) groups is 1. The van der Waals surface area contributed by atoms with Crippen molar-refractivity contribution in [3.05, 3.63) is 52.8 Å². The summed E-state index contributed by atoms with van der Waals surface area (Å²) >= 11 is 0. The van der Waals surface area contributed by atoms with Gasteiger partial charge >= 0.3 is 0 Å². The predicted molar refractivity (Wildman–Crippen MR) is 103 cm³/mol. The molecule has 0 aliphatic heterocycles. The topological polar surface area (TPSA) is 94.5 Å². The first-order chi connectivity index (χ1) is 12.1. The van der Waals surface area contributed by atoms with Crippen LogP contribution in [-0.2, 0) is 0 Å². The average Bonchev–Trinajstić information content (AvgIpc) is 2.96. The fraction of sp³-hybridized carbons (Fsp3) is 0.250. The minimum Gasteiger partial charge on any atom is -0.508 e. The molecule has 6 nitrogen and oxygen atoms in total. The lowest BCUT2D eigenvalue weighted by Gasteiger charge is -2.14. The summed E-state index contributed by atoms with van der Waals surface area (Å²) in [6.07, 6.45) is 1.72. The van der Waals surface area contributed by atoms with Crippen molar-refractivity contribution in [1.82, 2.24) is 10.3 Å². The number of allylic oxidation sites excluding steroid dienone is 1. The number of benzene rings is 1. The molecule has 0 saturated heterocycles. The molecule has 0 saturated carbocycles. The number of aromatic hydroxyl groups is 1. The van der Waals surface area contributed by atoms with Gasteiger partial charge in [0.05, 0.1) is 5.69 Å². The maximum atomic E-state index is 12.4. The molecule has 1 amide bonds. The number of Topliss-reactive ketones (excluding diaryl/α,β-unsaturated/α-hetero) is 1. The van der Waals surface area contributed by atoms with E-state index in [2.05, 4.69) is 22.0 Å². The zero-order chi connectivity index (χ0) is 19.5. The van der Waals surface area contributed by atoms with Crippen LogP contribution in [-0.4, -0.2) is 28.5 Å². The van der Waals surface area contributed by atoms with Gasteiger partial charge in [-0.3, -0.25) is 9.59 Å². The van der Waals surface area contributed by atoms with E-state index in [1.165, 1.54) is 24.3 Å². The molecule has 1 aromatic carbocycles. The van der Waals surface area contributed by atoms with E-state index in [1.54, 1.807) is 19.1 Å². The first-order valence-electron chi connectivity index (χ1n) is 8.15. The van der Waals surface area contributed by atoms with Crippen LogP contribution in [0.2, 0.25) is 0 Å². The van der Waals surface area contributed by atoms with Crippen LogP contribution >= 0.6 is 0 Å². The van der Waals surface area contributed by atoms with Crippen molar-refractivity contribution in [1.29, 1.82) is 0 Å². The fourth-order valence-corrected chi connectivity index (χ4v) is 2.36. The van der Waals surface area contributed by atoms with E-state index in [0.717, 1.165) is 0 Å². The number of aromatic amines is 1. The summed E-state index contributed by atoms with van der Waals surface area (Å²) in [5.41, 5.74) is 1.60. The van der Waals surface area contributed by atoms with Crippen LogP contribution < -0.4 is 5.32 Å². The summed E-state index contributed by atoms with van der Waals surface area (Å²) in [6, 6.07) is 7.67. The number of hydrogen-bond acceptors (Lipinski definition) is 4. The predicted octanol–water partition coefficient (Wildman–Crippen LogP) is 4.07. The zero-order valence-corrected chi connectivity index (χ0v) is 15.4. The Morgan fingerprint density at radius 1 is 1.23 bits per heavy atom. The van der Waals surface area contributed by atoms with E-state index in [4.69, 9.17) is 0 Å². The van der Waals surface area contributed by atoms with E-state index in [1.807, 2.05) is 20.8 Å². The summed E-state index contributed by atoms with van der Waals surface area (Å²) in [7, 11) is 0. The Bertz CT molecular complexity index is 869. The lowest BCUT2D eigenvalue weighted by molar-refractivity contribution is 0.0853. The lowest BCUT2D eigenvalue weighted by Crippen LogP contribution is -2.21. The summed E-state index contributed by atoms with van der Waals surface area (Å²) in [5, 5.41) is 12.1. The van der Waals surface area contributed by atoms with Gasteiger partial charge < -0.3 is 15.4 Å². The van der Waals surface area contributed by atoms with Crippen LogP contribution in [0.4, 0.5) is 5.82 Å². The normalized spacial score (nSPS) is 11.9. The van der Waals surface area contributed by atoms with E-state index >= 15 is 0 Å². The Kier molecular flexibility index (Phi) is 5.45. The molecule has 6 heteroatoms. The van der Waals surface area contributed by atoms with Gasteiger partial charge in [0, 0.05) is 22.2 Å². The van der Waals surface area contributed by atoms with Gasteiger partial charge in [0.15, 0.2) is 5.78 Å². The molecule has 1 aromatic heterocycles. The summed E-state index contributed by atoms with van der Waals surface area (Å²) in [5.74, 6) is 0.232. The third-order valence-corrected chi connectivity index (χ3v) is 3.72. The average molecular weight is 353 g/mol. The van der Waals surface area contributed by atoms with Gasteiger partial charge in [0.2, 0.25) is 0 Å². The highest BCUT2D eigenvalue weighted by Gasteiger charge is 2.25. The molecule has 26 heavy (non-hydrogen) atoms. The third kappa shape index (κ3) is 4.47. The van der Waals surface area contributed by atoms with Gasteiger partial charge in [0.25, 0.3) is 5.91 Å². The summed E-state index contributed by atoms with van der Waals surface area (Å²) < 4.78 is 0. The van der Waals surface area contributed by atoms with Crippen LogP contribution in [0.25, 0.3) is 6.08 Å². The highest BCUT2D eigenvalue weighted by Crippen LogP contribution is 2.27. The number of nitrogens with one attached hydrogen (secondary N) is 2. The second-order valence-corrected chi connectivity index (χ2v) is 7.05. The van der Waals surface area contributed by atoms with Crippen molar-refractivity contribution in [3.63, 3.8) is 0 Å². The molecule has 0 radical (unpaired) electrons. The highest BCUT2D eigenvalue weighted by atomic mass is 16.3. The Morgan fingerprint density at radius 2 is 1.85 bits per heavy atom. The molecular formula is C20H23N3O3. The van der Waals surface area contributed by atoms with E-state index < -0.39 is 5.41 Å². The molecule has 2 aromatic rings. The molecule has 0 bridgehead atoms. The van der Waals surface area contributed by atoms with Crippen LogP contribution in [0.5, 0.6) is 5.75 Å².